The standard InChI is InChI=1S/C13H10N6/c1-9-17-12(16-8-15)6-13(18-9)19-11-4-2-3-10(5-11)7-14/h2-6H,1H3,(H2,16,17,18,19). The van der Waals surface area contributed by atoms with Gasteiger partial charge in [0.25, 0.3) is 0 Å². The van der Waals surface area contributed by atoms with Crippen LogP contribution in [0.25, 0.3) is 0 Å². The molecule has 0 atom stereocenters. The number of aryl methyl sites for hydroxylation is 1. The van der Waals surface area contributed by atoms with Crippen LogP contribution in [0, 0.1) is 29.7 Å². The predicted molar refractivity (Wildman–Crippen MR) is 70.4 cm³/mol. The first-order valence-corrected chi connectivity index (χ1v) is 5.49. The van der Waals surface area contributed by atoms with Crippen molar-refractivity contribution in [1.82, 2.24) is 9.97 Å². The SMILES string of the molecule is Cc1nc(NC#N)cc(Nc2cccc(C#N)c2)n1. The van der Waals surface area contributed by atoms with E-state index in [2.05, 4.69) is 26.7 Å². The van der Waals surface area contributed by atoms with Crippen LogP contribution in [-0.4, -0.2) is 9.97 Å². The summed E-state index contributed by atoms with van der Waals surface area (Å²) >= 11 is 0. The number of nitrogens with one attached hydrogen (secondary N) is 2. The number of nitriles is 2. The predicted octanol–water partition coefficient (Wildman–Crippen LogP) is 2.29. The summed E-state index contributed by atoms with van der Waals surface area (Å²) in [5.41, 5.74) is 1.31. The maximum atomic E-state index is 8.84. The van der Waals surface area contributed by atoms with Gasteiger partial charge in [-0.1, -0.05) is 6.07 Å². The van der Waals surface area contributed by atoms with E-state index in [0.717, 1.165) is 5.69 Å². The largest absolute Gasteiger partial charge is 0.340 e. The van der Waals surface area contributed by atoms with Crippen molar-refractivity contribution >= 4 is 17.3 Å². The Kier molecular flexibility index (Phi) is 3.56. The molecule has 0 radical (unpaired) electrons. The third kappa shape index (κ3) is 3.18. The summed E-state index contributed by atoms with van der Waals surface area (Å²) in [7, 11) is 0. The minimum Gasteiger partial charge on any atom is -0.340 e. The molecule has 1 aromatic heterocycles. The van der Waals surface area contributed by atoms with Gasteiger partial charge in [0, 0.05) is 11.8 Å². The molecule has 0 aliphatic carbocycles. The van der Waals surface area contributed by atoms with Crippen LogP contribution in [0.4, 0.5) is 17.3 Å². The first kappa shape index (κ1) is 12.3. The quantitative estimate of drug-likeness (QED) is 0.640. The smallest absolute Gasteiger partial charge is 0.182 e. The Morgan fingerprint density at radius 2 is 1.89 bits per heavy atom. The van der Waals surface area contributed by atoms with E-state index in [1.807, 2.05) is 12.3 Å². The first-order valence-electron chi connectivity index (χ1n) is 5.49. The molecule has 0 aliphatic heterocycles. The first-order chi connectivity index (χ1) is 9.21. The molecule has 2 aromatic rings. The Morgan fingerprint density at radius 1 is 1.11 bits per heavy atom. The van der Waals surface area contributed by atoms with Crippen LogP contribution in [0.5, 0.6) is 0 Å². The number of aromatic nitrogens is 2. The molecule has 19 heavy (non-hydrogen) atoms. The van der Waals surface area contributed by atoms with Gasteiger partial charge in [-0.3, -0.25) is 5.32 Å². The zero-order valence-electron chi connectivity index (χ0n) is 10.2. The van der Waals surface area contributed by atoms with E-state index >= 15 is 0 Å². The summed E-state index contributed by atoms with van der Waals surface area (Å²) in [6.07, 6.45) is 1.81. The number of rotatable bonds is 3. The summed E-state index contributed by atoms with van der Waals surface area (Å²) < 4.78 is 0. The highest BCUT2D eigenvalue weighted by atomic mass is 15.1. The van der Waals surface area contributed by atoms with E-state index in [-0.39, 0.29) is 0 Å². The third-order valence-corrected chi connectivity index (χ3v) is 2.29. The monoisotopic (exact) mass is 250 g/mol. The Morgan fingerprint density at radius 3 is 2.63 bits per heavy atom. The summed E-state index contributed by atoms with van der Waals surface area (Å²) in [4.78, 5) is 8.27. The molecule has 1 aromatic carbocycles. The molecule has 0 saturated heterocycles. The van der Waals surface area contributed by atoms with Crippen molar-refractivity contribution in [3.63, 3.8) is 0 Å². The average molecular weight is 250 g/mol. The van der Waals surface area contributed by atoms with E-state index in [4.69, 9.17) is 10.5 Å². The molecule has 2 N–H and O–H groups in total. The van der Waals surface area contributed by atoms with Gasteiger partial charge in [-0.25, -0.2) is 9.97 Å². The van der Waals surface area contributed by atoms with Crippen molar-refractivity contribution < 1.29 is 0 Å². The van der Waals surface area contributed by atoms with Crippen LogP contribution in [-0.2, 0) is 0 Å². The topological polar surface area (TPSA) is 97.4 Å². The van der Waals surface area contributed by atoms with Crippen molar-refractivity contribution in [1.29, 1.82) is 10.5 Å². The van der Waals surface area contributed by atoms with Crippen LogP contribution in [0.3, 0.4) is 0 Å². The molecule has 0 fully saturated rings. The number of benzene rings is 1. The minimum atomic E-state index is 0.425. The second-order valence-corrected chi connectivity index (χ2v) is 3.74. The molecular weight excluding hydrogens is 240 g/mol. The average Bonchev–Trinajstić information content (AvgIpc) is 2.38. The molecular formula is C13H10N6. The van der Waals surface area contributed by atoms with Crippen molar-refractivity contribution in [2.75, 3.05) is 10.6 Å². The lowest BCUT2D eigenvalue weighted by molar-refractivity contribution is 1.06. The molecule has 0 saturated carbocycles. The Balaban J connectivity index is 2.28. The van der Waals surface area contributed by atoms with Crippen molar-refractivity contribution in [2.45, 2.75) is 6.92 Å². The fourth-order valence-electron chi connectivity index (χ4n) is 1.57. The maximum absolute atomic E-state index is 8.84. The molecule has 6 heteroatoms. The van der Waals surface area contributed by atoms with E-state index in [1.54, 1.807) is 31.2 Å². The van der Waals surface area contributed by atoms with E-state index in [0.29, 0.717) is 23.0 Å². The Bertz CT molecular complexity index is 680. The van der Waals surface area contributed by atoms with Gasteiger partial charge in [-0.2, -0.15) is 10.5 Å². The number of hydrogen-bond donors (Lipinski definition) is 2. The normalized spacial score (nSPS) is 9.21. The number of anilines is 3. The minimum absolute atomic E-state index is 0.425. The zero-order chi connectivity index (χ0) is 13.7. The van der Waals surface area contributed by atoms with Crippen LogP contribution < -0.4 is 10.6 Å². The maximum Gasteiger partial charge on any atom is 0.182 e. The summed E-state index contributed by atoms with van der Waals surface area (Å²) in [6.45, 7) is 1.74. The lowest BCUT2D eigenvalue weighted by atomic mass is 10.2. The third-order valence-electron chi connectivity index (χ3n) is 2.29. The second-order valence-electron chi connectivity index (χ2n) is 3.74. The Labute approximate surface area is 110 Å². The lowest BCUT2D eigenvalue weighted by Gasteiger charge is -2.07. The van der Waals surface area contributed by atoms with Gasteiger partial charge in [-0.05, 0) is 25.1 Å². The molecule has 0 bridgehead atoms. The molecule has 2 rings (SSSR count). The van der Waals surface area contributed by atoms with E-state index in [9.17, 15) is 0 Å². The highest BCUT2D eigenvalue weighted by Crippen LogP contribution is 2.18. The fourth-order valence-corrected chi connectivity index (χ4v) is 1.57. The van der Waals surface area contributed by atoms with Gasteiger partial charge in [0.15, 0.2) is 6.19 Å². The molecule has 0 unspecified atom stereocenters. The van der Waals surface area contributed by atoms with Gasteiger partial charge < -0.3 is 5.32 Å². The van der Waals surface area contributed by atoms with Gasteiger partial charge >= 0.3 is 0 Å². The summed E-state index contributed by atoms with van der Waals surface area (Å²) in [5, 5.41) is 22.9. The molecule has 0 spiro atoms. The van der Waals surface area contributed by atoms with Crippen LogP contribution in [0.1, 0.15) is 11.4 Å². The molecule has 1 heterocycles. The van der Waals surface area contributed by atoms with E-state index in [1.165, 1.54) is 0 Å². The molecule has 0 aliphatic rings. The molecule has 0 amide bonds. The molecule has 6 nitrogen and oxygen atoms in total. The van der Waals surface area contributed by atoms with Crippen molar-refractivity contribution in [3.8, 4) is 12.3 Å². The number of nitrogens with zero attached hydrogens (tertiary/aromatic N) is 4. The lowest BCUT2D eigenvalue weighted by Crippen LogP contribution is -2.01. The van der Waals surface area contributed by atoms with Gasteiger partial charge in [0.1, 0.15) is 17.5 Å². The second kappa shape index (κ2) is 5.48. The number of hydrogen-bond acceptors (Lipinski definition) is 6. The highest BCUT2D eigenvalue weighted by molar-refractivity contribution is 5.61. The van der Waals surface area contributed by atoms with Crippen LogP contribution >= 0.6 is 0 Å². The van der Waals surface area contributed by atoms with Crippen molar-refractivity contribution in [2.24, 2.45) is 0 Å². The zero-order valence-corrected chi connectivity index (χ0v) is 10.2. The van der Waals surface area contributed by atoms with Gasteiger partial charge in [0.05, 0.1) is 11.6 Å². The van der Waals surface area contributed by atoms with E-state index < -0.39 is 0 Å². The summed E-state index contributed by atoms with van der Waals surface area (Å²) in [6, 6.07) is 10.7. The van der Waals surface area contributed by atoms with Crippen LogP contribution in [0.15, 0.2) is 30.3 Å². The van der Waals surface area contributed by atoms with Crippen molar-refractivity contribution in [3.05, 3.63) is 41.7 Å². The van der Waals surface area contributed by atoms with Gasteiger partial charge in [-0.15, -0.1) is 0 Å². The fraction of sp³-hybridized carbons (Fsp3) is 0.0769. The van der Waals surface area contributed by atoms with Gasteiger partial charge in [0.2, 0.25) is 0 Å². The van der Waals surface area contributed by atoms with Crippen LogP contribution in [0.2, 0.25) is 0 Å². The Hall–Kier alpha value is -3.12. The summed E-state index contributed by atoms with van der Waals surface area (Å²) in [5.74, 6) is 1.52. The highest BCUT2D eigenvalue weighted by Gasteiger charge is 2.02. The molecule has 92 valence electrons.